The van der Waals surface area contributed by atoms with Crippen molar-refractivity contribution in [3.05, 3.63) is 63.2 Å². The van der Waals surface area contributed by atoms with Gasteiger partial charge in [-0.25, -0.2) is 0 Å². The average Bonchev–Trinajstić information content (AvgIpc) is 2.39. The number of hydrogen-bond donors (Lipinski definition) is 0. The van der Waals surface area contributed by atoms with Gasteiger partial charge in [-0.2, -0.15) is 0 Å². The van der Waals surface area contributed by atoms with Crippen LogP contribution in [-0.2, 0) is 0 Å². The van der Waals surface area contributed by atoms with E-state index >= 15 is 0 Å². The summed E-state index contributed by atoms with van der Waals surface area (Å²) in [5.41, 5.74) is 2.23. The number of halogens is 2. The molecule has 2 rings (SSSR count). The van der Waals surface area contributed by atoms with Gasteiger partial charge in [-0.05, 0) is 65.8 Å². The van der Waals surface area contributed by atoms with Crippen molar-refractivity contribution in [2.24, 2.45) is 0 Å². The Bertz CT molecular complexity index is 537. The van der Waals surface area contributed by atoms with Gasteiger partial charge in [0.15, 0.2) is 0 Å². The molecule has 0 saturated carbocycles. The molecule has 19 heavy (non-hydrogen) atoms. The van der Waals surface area contributed by atoms with E-state index in [-0.39, 0.29) is 11.5 Å². The second kappa shape index (κ2) is 6.62. The van der Waals surface area contributed by atoms with Crippen molar-refractivity contribution in [2.45, 2.75) is 25.3 Å². The summed E-state index contributed by atoms with van der Waals surface area (Å²) in [6, 6.07) is 16.2. The summed E-state index contributed by atoms with van der Waals surface area (Å²) in [7, 11) is 0. The molecule has 0 spiro atoms. The molecule has 2 aromatic carbocycles. The summed E-state index contributed by atoms with van der Waals surface area (Å²) in [6.45, 7) is 4.04. The Morgan fingerprint density at radius 3 is 2.21 bits per heavy atom. The van der Waals surface area contributed by atoms with Crippen LogP contribution in [0.1, 0.15) is 30.4 Å². The van der Waals surface area contributed by atoms with E-state index in [0.717, 1.165) is 16.9 Å². The Balaban J connectivity index is 2.20. The first-order valence-electron chi connectivity index (χ1n) is 6.23. The van der Waals surface area contributed by atoms with Gasteiger partial charge in [0.1, 0.15) is 5.75 Å². The van der Waals surface area contributed by atoms with Crippen molar-refractivity contribution in [2.75, 3.05) is 0 Å². The molecule has 1 atom stereocenters. The SMILES string of the molecule is CC(C)Oc1ccc(C(Cl)c2ccccc2I)cc1. The summed E-state index contributed by atoms with van der Waals surface area (Å²) in [5.74, 6) is 0.880. The number of rotatable bonds is 4. The van der Waals surface area contributed by atoms with Crippen LogP contribution >= 0.6 is 34.2 Å². The summed E-state index contributed by atoms with van der Waals surface area (Å²) in [4.78, 5) is 0. The van der Waals surface area contributed by atoms with Gasteiger partial charge in [-0.15, -0.1) is 11.6 Å². The molecule has 1 unspecified atom stereocenters. The van der Waals surface area contributed by atoms with E-state index in [1.54, 1.807) is 0 Å². The average molecular weight is 387 g/mol. The second-order valence-electron chi connectivity index (χ2n) is 4.62. The first kappa shape index (κ1) is 14.7. The molecule has 0 aliphatic carbocycles. The van der Waals surface area contributed by atoms with Gasteiger partial charge in [0.25, 0.3) is 0 Å². The van der Waals surface area contributed by atoms with Crippen LogP contribution in [0, 0.1) is 3.57 Å². The van der Waals surface area contributed by atoms with Crippen molar-refractivity contribution in [1.29, 1.82) is 0 Å². The van der Waals surface area contributed by atoms with Crippen LogP contribution in [-0.4, -0.2) is 6.10 Å². The van der Waals surface area contributed by atoms with Crippen LogP contribution in [0.15, 0.2) is 48.5 Å². The molecule has 0 radical (unpaired) electrons. The highest BCUT2D eigenvalue weighted by atomic mass is 127. The van der Waals surface area contributed by atoms with Crippen LogP contribution < -0.4 is 4.74 Å². The van der Waals surface area contributed by atoms with Crippen molar-refractivity contribution < 1.29 is 4.74 Å². The Kier molecular flexibility index (Phi) is 5.11. The maximum atomic E-state index is 6.55. The maximum Gasteiger partial charge on any atom is 0.119 e. The molecule has 100 valence electrons. The Hall–Kier alpha value is -0.740. The van der Waals surface area contributed by atoms with Gasteiger partial charge >= 0.3 is 0 Å². The molecule has 0 amide bonds. The number of hydrogen-bond acceptors (Lipinski definition) is 1. The number of ether oxygens (including phenoxy) is 1. The third-order valence-electron chi connectivity index (χ3n) is 2.72. The first-order chi connectivity index (χ1) is 9.08. The largest absolute Gasteiger partial charge is 0.491 e. The minimum Gasteiger partial charge on any atom is -0.491 e. The normalized spacial score (nSPS) is 12.5. The zero-order valence-corrected chi connectivity index (χ0v) is 13.9. The Morgan fingerprint density at radius 1 is 1.00 bits per heavy atom. The molecular weight excluding hydrogens is 371 g/mol. The van der Waals surface area contributed by atoms with Gasteiger partial charge in [0.2, 0.25) is 0 Å². The predicted octanol–water partition coefficient (Wildman–Crippen LogP) is 5.41. The predicted molar refractivity (Wildman–Crippen MR) is 89.1 cm³/mol. The van der Waals surface area contributed by atoms with E-state index < -0.39 is 0 Å². The van der Waals surface area contributed by atoms with Crippen molar-refractivity contribution >= 4 is 34.2 Å². The zero-order chi connectivity index (χ0) is 13.8. The lowest BCUT2D eigenvalue weighted by atomic mass is 10.0. The van der Waals surface area contributed by atoms with Crippen LogP contribution in [0.5, 0.6) is 5.75 Å². The molecule has 0 bridgehead atoms. The van der Waals surface area contributed by atoms with E-state index in [0.29, 0.717) is 0 Å². The summed E-state index contributed by atoms with van der Waals surface area (Å²) < 4.78 is 6.82. The molecule has 0 aromatic heterocycles. The fraction of sp³-hybridized carbons (Fsp3) is 0.250. The summed E-state index contributed by atoms with van der Waals surface area (Å²) in [6.07, 6.45) is 0.188. The summed E-state index contributed by atoms with van der Waals surface area (Å²) >= 11 is 8.87. The molecule has 0 heterocycles. The molecule has 0 aliphatic rings. The fourth-order valence-electron chi connectivity index (χ4n) is 1.85. The minimum atomic E-state index is -0.124. The second-order valence-corrected chi connectivity index (χ2v) is 6.22. The van der Waals surface area contributed by atoms with Crippen molar-refractivity contribution in [3.8, 4) is 5.75 Å². The van der Waals surface area contributed by atoms with E-state index in [2.05, 4.69) is 34.7 Å². The molecule has 0 saturated heterocycles. The Morgan fingerprint density at radius 2 is 1.63 bits per heavy atom. The standard InChI is InChI=1S/C16H16ClIO/c1-11(2)19-13-9-7-12(8-10-13)16(17)14-5-3-4-6-15(14)18/h3-11,16H,1-2H3. The van der Waals surface area contributed by atoms with Crippen LogP contribution in [0.25, 0.3) is 0 Å². The van der Waals surface area contributed by atoms with E-state index in [4.69, 9.17) is 16.3 Å². The third-order valence-corrected chi connectivity index (χ3v) is 4.19. The summed E-state index contributed by atoms with van der Waals surface area (Å²) in [5, 5.41) is -0.124. The number of alkyl halides is 1. The monoisotopic (exact) mass is 386 g/mol. The topological polar surface area (TPSA) is 9.23 Å². The van der Waals surface area contributed by atoms with Gasteiger partial charge in [-0.1, -0.05) is 30.3 Å². The highest BCUT2D eigenvalue weighted by Crippen LogP contribution is 2.32. The molecule has 0 N–H and O–H groups in total. The van der Waals surface area contributed by atoms with Crippen LogP contribution in [0.2, 0.25) is 0 Å². The minimum absolute atomic E-state index is 0.124. The number of benzene rings is 2. The lowest BCUT2D eigenvalue weighted by molar-refractivity contribution is 0.242. The molecule has 0 aliphatic heterocycles. The molecule has 3 heteroatoms. The fourth-order valence-corrected chi connectivity index (χ4v) is 3.07. The van der Waals surface area contributed by atoms with E-state index in [9.17, 15) is 0 Å². The smallest absolute Gasteiger partial charge is 0.119 e. The van der Waals surface area contributed by atoms with E-state index in [1.165, 1.54) is 3.57 Å². The Labute approximate surface area is 133 Å². The molecular formula is C16H16ClIO. The van der Waals surface area contributed by atoms with Crippen molar-refractivity contribution in [3.63, 3.8) is 0 Å². The van der Waals surface area contributed by atoms with E-state index in [1.807, 2.05) is 50.2 Å². The van der Waals surface area contributed by atoms with Gasteiger partial charge in [-0.3, -0.25) is 0 Å². The zero-order valence-electron chi connectivity index (χ0n) is 10.9. The van der Waals surface area contributed by atoms with Crippen LogP contribution in [0.4, 0.5) is 0 Å². The molecule has 1 nitrogen and oxygen atoms in total. The highest BCUT2D eigenvalue weighted by Gasteiger charge is 2.13. The third kappa shape index (κ3) is 3.86. The van der Waals surface area contributed by atoms with Gasteiger partial charge < -0.3 is 4.74 Å². The first-order valence-corrected chi connectivity index (χ1v) is 7.74. The van der Waals surface area contributed by atoms with Gasteiger partial charge in [0.05, 0.1) is 11.5 Å². The molecule has 0 fully saturated rings. The lowest BCUT2D eigenvalue weighted by Crippen LogP contribution is -2.05. The lowest BCUT2D eigenvalue weighted by Gasteiger charge is -2.14. The quantitative estimate of drug-likeness (QED) is 0.504. The maximum absolute atomic E-state index is 6.55. The van der Waals surface area contributed by atoms with Gasteiger partial charge in [0, 0.05) is 3.57 Å². The van der Waals surface area contributed by atoms with Crippen molar-refractivity contribution in [1.82, 2.24) is 0 Å². The van der Waals surface area contributed by atoms with Crippen LogP contribution in [0.3, 0.4) is 0 Å². The highest BCUT2D eigenvalue weighted by molar-refractivity contribution is 14.1. The molecule has 2 aromatic rings.